The van der Waals surface area contributed by atoms with Crippen molar-refractivity contribution < 1.29 is 9.63 Å². The molecule has 5 nitrogen and oxygen atoms in total. The van der Waals surface area contributed by atoms with Crippen molar-refractivity contribution in [2.45, 2.75) is 46.6 Å². The molecular formula is C15H21N3O2. The predicted molar refractivity (Wildman–Crippen MR) is 76.1 cm³/mol. The molecule has 0 saturated carbocycles. The molecule has 0 aliphatic heterocycles. The summed E-state index contributed by atoms with van der Waals surface area (Å²) >= 11 is 0. The van der Waals surface area contributed by atoms with Gasteiger partial charge in [-0.25, -0.2) is 0 Å². The lowest BCUT2D eigenvalue weighted by molar-refractivity contribution is 0.0565. The Bertz CT molecular complexity index is 572. The molecule has 1 unspecified atom stereocenters. The van der Waals surface area contributed by atoms with Crippen LogP contribution in [-0.4, -0.2) is 26.3 Å². The summed E-state index contributed by atoms with van der Waals surface area (Å²) in [5, 5.41) is 14.1. The van der Waals surface area contributed by atoms with E-state index in [0.717, 1.165) is 17.5 Å². The van der Waals surface area contributed by atoms with Crippen LogP contribution in [0.4, 0.5) is 0 Å². The van der Waals surface area contributed by atoms with Crippen LogP contribution >= 0.6 is 0 Å². The largest absolute Gasteiger partial charge is 0.392 e. The minimum absolute atomic E-state index is 0.208. The summed E-state index contributed by atoms with van der Waals surface area (Å²) in [6.07, 6.45) is 4.24. The first-order valence-corrected chi connectivity index (χ1v) is 6.85. The molecule has 0 bridgehead atoms. The van der Waals surface area contributed by atoms with Gasteiger partial charge in [0.05, 0.1) is 12.5 Å². The van der Waals surface area contributed by atoms with Crippen LogP contribution in [0.5, 0.6) is 0 Å². The van der Waals surface area contributed by atoms with E-state index in [1.807, 2.05) is 33.0 Å². The summed E-state index contributed by atoms with van der Waals surface area (Å²) in [7, 11) is 0. The van der Waals surface area contributed by atoms with Crippen molar-refractivity contribution in [3.8, 4) is 11.4 Å². The summed E-state index contributed by atoms with van der Waals surface area (Å²) in [4.78, 5) is 8.48. The molecule has 2 rings (SSSR count). The molecule has 2 heterocycles. The first-order chi connectivity index (χ1) is 9.41. The van der Waals surface area contributed by atoms with Crippen molar-refractivity contribution in [3.63, 3.8) is 0 Å². The van der Waals surface area contributed by atoms with Gasteiger partial charge in [0.2, 0.25) is 11.7 Å². The second-order valence-corrected chi connectivity index (χ2v) is 5.98. The average Bonchev–Trinajstić information content (AvgIpc) is 2.86. The fraction of sp³-hybridized carbons (Fsp3) is 0.533. The van der Waals surface area contributed by atoms with Gasteiger partial charge in [0.15, 0.2) is 0 Å². The number of nitrogens with zero attached hydrogens (tertiary/aromatic N) is 3. The zero-order valence-electron chi connectivity index (χ0n) is 12.4. The zero-order chi connectivity index (χ0) is 14.8. The average molecular weight is 275 g/mol. The number of hydrogen-bond donors (Lipinski definition) is 1. The Kier molecular flexibility index (Phi) is 4.18. The fourth-order valence-electron chi connectivity index (χ4n) is 1.85. The van der Waals surface area contributed by atoms with Crippen LogP contribution in [0.2, 0.25) is 0 Å². The number of aliphatic hydroxyl groups is 1. The van der Waals surface area contributed by atoms with Crippen LogP contribution in [0.1, 0.15) is 39.1 Å². The molecular weight excluding hydrogens is 254 g/mol. The lowest BCUT2D eigenvalue weighted by atomic mass is 9.87. The van der Waals surface area contributed by atoms with Crippen LogP contribution < -0.4 is 0 Å². The number of aromatic nitrogens is 3. The Morgan fingerprint density at radius 3 is 2.75 bits per heavy atom. The van der Waals surface area contributed by atoms with E-state index in [1.165, 1.54) is 0 Å². The minimum atomic E-state index is -0.515. The maximum Gasteiger partial charge on any atom is 0.229 e. The lowest BCUT2D eigenvalue weighted by Crippen LogP contribution is -2.28. The van der Waals surface area contributed by atoms with Crippen LogP contribution in [0.15, 0.2) is 23.0 Å². The summed E-state index contributed by atoms with van der Waals surface area (Å²) in [6.45, 7) is 8.00. The van der Waals surface area contributed by atoms with Gasteiger partial charge in [-0.15, -0.1) is 0 Å². The Hall–Kier alpha value is -1.75. The van der Waals surface area contributed by atoms with Gasteiger partial charge in [-0.05, 0) is 23.5 Å². The van der Waals surface area contributed by atoms with Gasteiger partial charge >= 0.3 is 0 Å². The van der Waals surface area contributed by atoms with Gasteiger partial charge in [0.1, 0.15) is 0 Å². The molecule has 108 valence electrons. The highest BCUT2D eigenvalue weighted by Gasteiger charge is 2.25. The zero-order valence-corrected chi connectivity index (χ0v) is 12.4. The summed E-state index contributed by atoms with van der Waals surface area (Å²) < 4.78 is 5.24. The summed E-state index contributed by atoms with van der Waals surface area (Å²) in [5.41, 5.74) is 1.80. The molecule has 20 heavy (non-hydrogen) atoms. The van der Waals surface area contributed by atoms with Crippen molar-refractivity contribution in [2.24, 2.45) is 5.41 Å². The van der Waals surface area contributed by atoms with E-state index in [4.69, 9.17) is 4.52 Å². The molecule has 2 aromatic rings. The molecule has 0 spiro atoms. The van der Waals surface area contributed by atoms with Crippen LogP contribution in [-0.2, 0) is 12.8 Å². The quantitative estimate of drug-likeness (QED) is 0.928. The molecule has 2 aromatic heterocycles. The molecule has 0 saturated heterocycles. The molecule has 0 amide bonds. The fourth-order valence-corrected chi connectivity index (χ4v) is 1.85. The van der Waals surface area contributed by atoms with Crippen LogP contribution in [0.3, 0.4) is 0 Å². The summed E-state index contributed by atoms with van der Waals surface area (Å²) in [6, 6.07) is 1.88. The first kappa shape index (κ1) is 14.7. The van der Waals surface area contributed by atoms with Crippen molar-refractivity contribution in [3.05, 3.63) is 29.9 Å². The normalized spacial score (nSPS) is 13.4. The molecule has 0 aliphatic rings. The number of aliphatic hydroxyl groups excluding tert-OH is 1. The van der Waals surface area contributed by atoms with E-state index in [2.05, 4.69) is 22.0 Å². The first-order valence-electron chi connectivity index (χ1n) is 6.85. The predicted octanol–water partition coefficient (Wildman–Crippen LogP) is 2.64. The maximum absolute atomic E-state index is 10.1. The molecule has 0 aliphatic carbocycles. The molecule has 1 atom stereocenters. The third-order valence-corrected chi connectivity index (χ3v) is 3.36. The Balaban J connectivity index is 2.21. The smallest absolute Gasteiger partial charge is 0.229 e. The van der Waals surface area contributed by atoms with Gasteiger partial charge in [0.25, 0.3) is 0 Å². The lowest BCUT2D eigenvalue weighted by Gasteiger charge is -2.24. The van der Waals surface area contributed by atoms with Gasteiger partial charge in [-0.2, -0.15) is 4.98 Å². The molecule has 5 heteroatoms. The Labute approximate surface area is 119 Å². The van der Waals surface area contributed by atoms with E-state index in [9.17, 15) is 5.11 Å². The maximum atomic E-state index is 10.1. The van der Waals surface area contributed by atoms with Crippen molar-refractivity contribution in [2.75, 3.05) is 0 Å². The van der Waals surface area contributed by atoms with Crippen LogP contribution in [0.25, 0.3) is 11.4 Å². The van der Waals surface area contributed by atoms with Gasteiger partial charge in [0, 0.05) is 18.0 Å². The van der Waals surface area contributed by atoms with Crippen LogP contribution in [0, 0.1) is 5.41 Å². The molecule has 0 aromatic carbocycles. The van der Waals surface area contributed by atoms with Gasteiger partial charge in [-0.1, -0.05) is 32.9 Å². The van der Waals surface area contributed by atoms with E-state index < -0.39 is 6.10 Å². The highest BCUT2D eigenvalue weighted by Crippen LogP contribution is 2.24. The van der Waals surface area contributed by atoms with Gasteiger partial charge in [-0.3, -0.25) is 4.98 Å². The summed E-state index contributed by atoms with van der Waals surface area (Å²) in [5.74, 6) is 1.02. The topological polar surface area (TPSA) is 72.0 Å². The number of hydrogen-bond acceptors (Lipinski definition) is 5. The molecule has 1 N–H and O–H groups in total. The highest BCUT2D eigenvalue weighted by molar-refractivity contribution is 5.58. The molecule has 0 radical (unpaired) electrons. The minimum Gasteiger partial charge on any atom is -0.392 e. The standard InChI is InChI=1S/C15H21N3O2/c1-5-10-9-16-7-6-11(10)14-17-13(20-18-14)8-12(19)15(2,3)4/h6-7,9,12,19H,5,8H2,1-4H3. The van der Waals surface area contributed by atoms with E-state index in [1.54, 1.807) is 6.20 Å². The highest BCUT2D eigenvalue weighted by atomic mass is 16.5. The second kappa shape index (κ2) is 5.71. The van der Waals surface area contributed by atoms with E-state index >= 15 is 0 Å². The van der Waals surface area contributed by atoms with Crippen molar-refractivity contribution in [1.82, 2.24) is 15.1 Å². The number of rotatable bonds is 4. The number of aryl methyl sites for hydroxylation is 1. The molecule has 0 fully saturated rings. The monoisotopic (exact) mass is 275 g/mol. The van der Waals surface area contributed by atoms with E-state index in [0.29, 0.717) is 18.1 Å². The number of pyridine rings is 1. The second-order valence-electron chi connectivity index (χ2n) is 5.98. The van der Waals surface area contributed by atoms with Gasteiger partial charge < -0.3 is 9.63 Å². The third-order valence-electron chi connectivity index (χ3n) is 3.36. The Morgan fingerprint density at radius 1 is 1.35 bits per heavy atom. The van der Waals surface area contributed by atoms with Crippen molar-refractivity contribution in [1.29, 1.82) is 0 Å². The SMILES string of the molecule is CCc1cnccc1-c1noc(CC(O)C(C)(C)C)n1. The van der Waals surface area contributed by atoms with E-state index in [-0.39, 0.29) is 5.41 Å². The van der Waals surface area contributed by atoms with Crippen molar-refractivity contribution >= 4 is 0 Å². The third kappa shape index (κ3) is 3.22. The Morgan fingerprint density at radius 2 is 2.10 bits per heavy atom.